The number of carbonyl (C=O) groups is 2. The molecule has 0 aliphatic rings. The molecule has 9 heteroatoms. The Morgan fingerprint density at radius 1 is 1.21 bits per heavy atom. The summed E-state index contributed by atoms with van der Waals surface area (Å²) in [5.74, 6) is -1.82. The first-order valence-electron chi connectivity index (χ1n) is 7.04. The van der Waals surface area contributed by atoms with Gasteiger partial charge in [-0.15, -0.1) is 5.10 Å². The number of nitrogens with zero attached hydrogens (tertiary/aromatic N) is 5. The van der Waals surface area contributed by atoms with Gasteiger partial charge >= 0.3 is 5.97 Å². The molecule has 2 N–H and O–H groups in total. The summed E-state index contributed by atoms with van der Waals surface area (Å²) >= 11 is 0. The van der Waals surface area contributed by atoms with Crippen molar-refractivity contribution in [2.45, 2.75) is 6.54 Å². The molecule has 0 aliphatic carbocycles. The highest BCUT2D eigenvalue weighted by Crippen LogP contribution is 2.09. The summed E-state index contributed by atoms with van der Waals surface area (Å²) in [6, 6.07) is 9.66. The molecule has 2 heterocycles. The zero-order chi connectivity index (χ0) is 17.1. The Morgan fingerprint density at radius 3 is 2.67 bits per heavy atom. The lowest BCUT2D eigenvalue weighted by atomic mass is 10.2. The lowest BCUT2D eigenvalue weighted by molar-refractivity contribution is 0.0692. The summed E-state index contributed by atoms with van der Waals surface area (Å²) in [7, 11) is 1.54. The number of benzene rings is 1. The molecule has 0 spiro atoms. The van der Waals surface area contributed by atoms with Crippen LogP contribution in [0.25, 0.3) is 0 Å². The normalized spacial score (nSPS) is 10.5. The predicted molar refractivity (Wildman–Crippen MR) is 83.7 cm³/mol. The van der Waals surface area contributed by atoms with Crippen LogP contribution in [0.2, 0.25) is 0 Å². The zero-order valence-electron chi connectivity index (χ0n) is 12.7. The minimum absolute atomic E-state index is 0.0814. The van der Waals surface area contributed by atoms with Crippen LogP contribution in [0.3, 0.4) is 0 Å². The summed E-state index contributed by atoms with van der Waals surface area (Å²) in [6.07, 6.45) is 2.75. The molecule has 0 fully saturated rings. The summed E-state index contributed by atoms with van der Waals surface area (Å²) in [5, 5.41) is 19.6. The molecule has 9 nitrogen and oxygen atoms in total. The van der Waals surface area contributed by atoms with E-state index in [2.05, 4.69) is 20.5 Å². The molecule has 24 heavy (non-hydrogen) atoms. The molecule has 3 rings (SSSR count). The Bertz CT molecular complexity index is 884. The first-order chi connectivity index (χ1) is 11.5. The average molecular weight is 326 g/mol. The van der Waals surface area contributed by atoms with E-state index >= 15 is 0 Å². The van der Waals surface area contributed by atoms with E-state index in [0.29, 0.717) is 6.54 Å². The number of hydrogen-bond acceptors (Lipinski definition) is 5. The molecule has 0 unspecified atom stereocenters. The van der Waals surface area contributed by atoms with Crippen molar-refractivity contribution in [2.75, 3.05) is 5.32 Å². The van der Waals surface area contributed by atoms with Crippen molar-refractivity contribution >= 4 is 17.8 Å². The number of carboxylic acids is 1. The Labute approximate surface area is 136 Å². The van der Waals surface area contributed by atoms with Crippen molar-refractivity contribution in [1.82, 2.24) is 24.5 Å². The highest BCUT2D eigenvalue weighted by molar-refractivity contribution is 6.08. The highest BCUT2D eigenvalue weighted by Gasteiger charge is 2.22. The Morgan fingerprint density at radius 2 is 1.96 bits per heavy atom. The largest absolute Gasteiger partial charge is 0.478 e. The molecular formula is C15H14N6O3. The molecule has 0 saturated heterocycles. The SMILES string of the molecule is Cn1cc(C(=O)O)c(C(=O)Nc2ncn(Cc3ccccc3)n2)n1. The summed E-state index contributed by atoms with van der Waals surface area (Å²) in [5.41, 5.74) is 0.668. The van der Waals surface area contributed by atoms with E-state index in [-0.39, 0.29) is 17.2 Å². The van der Waals surface area contributed by atoms with Crippen molar-refractivity contribution in [2.24, 2.45) is 7.05 Å². The fourth-order valence-corrected chi connectivity index (χ4v) is 2.17. The van der Waals surface area contributed by atoms with Gasteiger partial charge in [-0.1, -0.05) is 30.3 Å². The Kier molecular flexibility index (Phi) is 4.06. The topological polar surface area (TPSA) is 115 Å². The fourth-order valence-electron chi connectivity index (χ4n) is 2.17. The van der Waals surface area contributed by atoms with Crippen molar-refractivity contribution in [3.8, 4) is 0 Å². The number of amides is 1. The molecule has 3 aromatic rings. The van der Waals surface area contributed by atoms with Gasteiger partial charge < -0.3 is 5.11 Å². The van der Waals surface area contributed by atoms with Gasteiger partial charge in [0.15, 0.2) is 5.69 Å². The number of hydrogen-bond donors (Lipinski definition) is 2. The second kappa shape index (κ2) is 6.32. The van der Waals surface area contributed by atoms with Gasteiger partial charge in [-0.2, -0.15) is 5.10 Å². The molecule has 1 aromatic carbocycles. The van der Waals surface area contributed by atoms with E-state index < -0.39 is 11.9 Å². The number of aromatic carboxylic acids is 1. The van der Waals surface area contributed by atoms with E-state index in [9.17, 15) is 9.59 Å². The minimum atomic E-state index is -1.23. The van der Waals surface area contributed by atoms with Crippen LogP contribution >= 0.6 is 0 Å². The maximum absolute atomic E-state index is 12.2. The standard InChI is InChI=1S/C15H14N6O3/c1-20-8-11(14(23)24)12(18-20)13(22)17-15-16-9-21(19-15)7-10-5-3-2-4-6-10/h2-6,8-9H,7H2,1H3,(H,23,24)(H,17,19,22). The third kappa shape index (κ3) is 3.29. The van der Waals surface area contributed by atoms with Crippen LogP contribution in [0.4, 0.5) is 5.95 Å². The molecule has 0 atom stereocenters. The Hall–Kier alpha value is -3.49. The highest BCUT2D eigenvalue weighted by atomic mass is 16.4. The third-order valence-electron chi connectivity index (χ3n) is 3.22. The van der Waals surface area contributed by atoms with Crippen LogP contribution in [0.5, 0.6) is 0 Å². The summed E-state index contributed by atoms with van der Waals surface area (Å²) in [6.45, 7) is 0.508. The van der Waals surface area contributed by atoms with Crippen molar-refractivity contribution in [3.63, 3.8) is 0 Å². The van der Waals surface area contributed by atoms with Gasteiger partial charge in [-0.05, 0) is 5.56 Å². The van der Waals surface area contributed by atoms with Gasteiger partial charge in [0.25, 0.3) is 5.91 Å². The van der Waals surface area contributed by atoms with Crippen molar-refractivity contribution in [3.05, 3.63) is 59.7 Å². The second-order valence-electron chi connectivity index (χ2n) is 5.08. The monoisotopic (exact) mass is 326 g/mol. The molecule has 1 amide bonds. The summed E-state index contributed by atoms with van der Waals surface area (Å²) < 4.78 is 2.83. The van der Waals surface area contributed by atoms with E-state index in [1.807, 2.05) is 30.3 Å². The first-order valence-corrected chi connectivity index (χ1v) is 7.04. The lowest BCUT2D eigenvalue weighted by Gasteiger charge is -2.01. The number of rotatable bonds is 5. The maximum Gasteiger partial charge on any atom is 0.339 e. The molecular weight excluding hydrogens is 312 g/mol. The van der Waals surface area contributed by atoms with E-state index in [4.69, 9.17) is 5.11 Å². The van der Waals surface area contributed by atoms with Crippen LogP contribution in [-0.2, 0) is 13.6 Å². The first kappa shape index (κ1) is 15.4. The second-order valence-corrected chi connectivity index (χ2v) is 5.08. The minimum Gasteiger partial charge on any atom is -0.478 e. The van der Waals surface area contributed by atoms with E-state index in [0.717, 1.165) is 5.56 Å². The molecule has 0 radical (unpaired) electrons. The molecule has 0 aliphatic heterocycles. The maximum atomic E-state index is 12.2. The van der Waals surface area contributed by atoms with E-state index in [1.54, 1.807) is 4.68 Å². The Balaban J connectivity index is 1.73. The van der Waals surface area contributed by atoms with Gasteiger partial charge in [-0.3, -0.25) is 14.8 Å². The smallest absolute Gasteiger partial charge is 0.339 e. The molecule has 122 valence electrons. The number of carbonyl (C=O) groups excluding carboxylic acids is 1. The average Bonchev–Trinajstić information content (AvgIpc) is 3.15. The van der Waals surface area contributed by atoms with Crippen LogP contribution < -0.4 is 5.32 Å². The van der Waals surface area contributed by atoms with Crippen LogP contribution in [0.1, 0.15) is 26.4 Å². The van der Waals surface area contributed by atoms with Crippen molar-refractivity contribution in [1.29, 1.82) is 0 Å². The third-order valence-corrected chi connectivity index (χ3v) is 3.22. The quantitative estimate of drug-likeness (QED) is 0.723. The van der Waals surface area contributed by atoms with Crippen molar-refractivity contribution < 1.29 is 14.7 Å². The molecule has 0 saturated carbocycles. The molecule has 2 aromatic heterocycles. The fraction of sp³-hybridized carbons (Fsp3) is 0.133. The van der Waals surface area contributed by atoms with Crippen LogP contribution in [0, 0.1) is 0 Å². The number of nitrogens with one attached hydrogen (secondary N) is 1. The molecule has 0 bridgehead atoms. The number of aromatic nitrogens is 5. The van der Waals surface area contributed by atoms with Gasteiger partial charge in [-0.25, -0.2) is 14.5 Å². The number of aryl methyl sites for hydroxylation is 1. The number of anilines is 1. The van der Waals surface area contributed by atoms with Crippen LogP contribution in [0.15, 0.2) is 42.9 Å². The van der Waals surface area contributed by atoms with Crippen LogP contribution in [-0.4, -0.2) is 41.5 Å². The summed E-state index contributed by atoms with van der Waals surface area (Å²) in [4.78, 5) is 27.3. The van der Waals surface area contributed by atoms with Gasteiger partial charge in [0.05, 0.1) is 6.54 Å². The van der Waals surface area contributed by atoms with Gasteiger partial charge in [0.2, 0.25) is 5.95 Å². The van der Waals surface area contributed by atoms with E-state index in [1.165, 1.54) is 24.3 Å². The predicted octanol–water partition coefficient (Wildman–Crippen LogP) is 1.01. The number of carboxylic acid groups (broad SMARTS) is 1. The lowest BCUT2D eigenvalue weighted by Crippen LogP contribution is -2.17. The zero-order valence-corrected chi connectivity index (χ0v) is 12.7. The van der Waals surface area contributed by atoms with Gasteiger partial charge in [0, 0.05) is 13.2 Å². The van der Waals surface area contributed by atoms with Gasteiger partial charge in [0.1, 0.15) is 11.9 Å².